The molecule has 4 rings (SSSR count). The number of hydrogen-bond acceptors (Lipinski definition) is 2. The summed E-state index contributed by atoms with van der Waals surface area (Å²) in [6.07, 6.45) is 7.02. The van der Waals surface area contributed by atoms with Crippen LogP contribution in [-0.4, -0.2) is 11.9 Å². The van der Waals surface area contributed by atoms with Crippen molar-refractivity contribution in [3.8, 4) is 0 Å². The highest BCUT2D eigenvalue weighted by Gasteiger charge is 2.31. The predicted molar refractivity (Wildman–Crippen MR) is 116 cm³/mol. The first-order valence-corrected chi connectivity index (χ1v) is 10.8. The minimum atomic E-state index is 0.00649. The molecule has 2 aromatic rings. The number of rotatable bonds is 4. The van der Waals surface area contributed by atoms with E-state index < -0.39 is 0 Å². The second kappa shape index (κ2) is 8.44. The molecule has 0 saturated carbocycles. The molecule has 0 radical (unpaired) electrons. The molecule has 2 atom stereocenters. The number of fused-ring (bicyclic) bond motifs is 1. The van der Waals surface area contributed by atoms with Gasteiger partial charge < -0.3 is 5.32 Å². The minimum absolute atomic E-state index is 0.00649. The molecule has 1 aliphatic carbocycles. The van der Waals surface area contributed by atoms with Crippen LogP contribution < -0.4 is 15.9 Å². The molecule has 3 nitrogen and oxygen atoms in total. The van der Waals surface area contributed by atoms with E-state index in [9.17, 15) is 4.79 Å². The number of hydrogen-bond donors (Lipinski definition) is 1. The van der Waals surface area contributed by atoms with Crippen molar-refractivity contribution >= 4 is 27.4 Å². The highest BCUT2D eigenvalue weighted by atomic mass is 79.9. The molecule has 1 amide bonds. The highest BCUT2D eigenvalue weighted by Crippen LogP contribution is 2.31. The summed E-state index contributed by atoms with van der Waals surface area (Å²) in [7, 11) is 0. The molecule has 2 aromatic carbocycles. The van der Waals surface area contributed by atoms with Gasteiger partial charge in [0, 0.05) is 27.7 Å². The molecular weight excluding hydrogens is 412 g/mol. The zero-order valence-electron chi connectivity index (χ0n) is 16.1. The van der Waals surface area contributed by atoms with Crippen molar-refractivity contribution in [3.05, 3.63) is 80.8 Å². The Bertz CT molecular complexity index is 1030. The van der Waals surface area contributed by atoms with Gasteiger partial charge in [0.1, 0.15) is 0 Å². The number of halogens is 1. The number of benzene rings is 2. The summed E-state index contributed by atoms with van der Waals surface area (Å²) in [4.78, 5) is 18.3. The maximum atomic E-state index is 13.3. The average molecular weight is 437 g/mol. The van der Waals surface area contributed by atoms with Gasteiger partial charge in [0.05, 0.1) is 11.4 Å². The van der Waals surface area contributed by atoms with Crippen LogP contribution in [0.4, 0.5) is 0 Å². The van der Waals surface area contributed by atoms with Crippen LogP contribution in [0.3, 0.4) is 0 Å². The van der Waals surface area contributed by atoms with Gasteiger partial charge in [-0.15, -0.1) is 0 Å². The van der Waals surface area contributed by atoms with E-state index >= 15 is 0 Å². The minimum Gasteiger partial charge on any atom is -0.348 e. The number of nitrogens with zero attached hydrogens (tertiary/aromatic N) is 1. The normalized spacial score (nSPS) is 21.4. The van der Waals surface area contributed by atoms with Gasteiger partial charge in [-0.1, -0.05) is 59.3 Å². The van der Waals surface area contributed by atoms with Gasteiger partial charge in [0.25, 0.3) is 0 Å². The third-order valence-electron chi connectivity index (χ3n) is 5.70. The van der Waals surface area contributed by atoms with Crippen LogP contribution in [0.1, 0.15) is 38.2 Å². The van der Waals surface area contributed by atoms with Gasteiger partial charge in [0.2, 0.25) is 5.91 Å². The van der Waals surface area contributed by atoms with Crippen molar-refractivity contribution in [2.24, 2.45) is 10.9 Å². The molecule has 0 bridgehead atoms. The first kappa shape index (κ1) is 19.1. The van der Waals surface area contributed by atoms with E-state index in [4.69, 9.17) is 4.99 Å². The maximum Gasteiger partial charge on any atom is 0.248 e. The second-order valence-electron chi connectivity index (χ2n) is 7.63. The van der Waals surface area contributed by atoms with Crippen LogP contribution in [-0.2, 0) is 11.3 Å². The summed E-state index contributed by atoms with van der Waals surface area (Å²) >= 11 is 3.56. The summed E-state index contributed by atoms with van der Waals surface area (Å²) in [6, 6.07) is 16.2. The van der Waals surface area contributed by atoms with E-state index in [1.807, 2.05) is 48.5 Å². The molecule has 0 spiro atoms. The lowest BCUT2D eigenvalue weighted by Crippen LogP contribution is -2.44. The quantitative estimate of drug-likeness (QED) is 0.721. The molecule has 28 heavy (non-hydrogen) atoms. The summed E-state index contributed by atoms with van der Waals surface area (Å²) < 4.78 is 0.970. The molecule has 4 heteroatoms. The molecular formula is C24H25BrN2O. The third kappa shape index (κ3) is 3.97. The van der Waals surface area contributed by atoms with E-state index in [0.29, 0.717) is 6.54 Å². The van der Waals surface area contributed by atoms with Gasteiger partial charge in [0.15, 0.2) is 0 Å². The topological polar surface area (TPSA) is 41.5 Å². The molecule has 1 heterocycles. The fraction of sp³-hybridized carbons (Fsp3) is 0.333. The first-order chi connectivity index (χ1) is 13.6. The van der Waals surface area contributed by atoms with Crippen molar-refractivity contribution in [1.29, 1.82) is 0 Å². The number of carbonyl (C=O) groups excluding carboxylic acids is 1. The SMILES string of the molecule is CC1C(C(=O)NCc2ccccc2)=c2cc(Br)ccc2=NC1C1=CCCCC1. The molecule has 2 unspecified atom stereocenters. The highest BCUT2D eigenvalue weighted by molar-refractivity contribution is 9.10. The van der Waals surface area contributed by atoms with Crippen molar-refractivity contribution in [2.45, 2.75) is 45.2 Å². The van der Waals surface area contributed by atoms with Gasteiger partial charge in [-0.2, -0.15) is 0 Å². The smallest absolute Gasteiger partial charge is 0.248 e. The molecule has 0 saturated heterocycles. The predicted octanol–water partition coefficient (Wildman–Crippen LogP) is 4.05. The average Bonchev–Trinajstić information content (AvgIpc) is 2.73. The van der Waals surface area contributed by atoms with E-state index in [1.165, 1.54) is 18.4 Å². The van der Waals surface area contributed by atoms with Crippen LogP contribution in [0.2, 0.25) is 0 Å². The van der Waals surface area contributed by atoms with Gasteiger partial charge in [-0.25, -0.2) is 0 Å². The monoisotopic (exact) mass is 436 g/mol. The van der Waals surface area contributed by atoms with E-state index in [0.717, 1.165) is 39.0 Å². The van der Waals surface area contributed by atoms with Crippen LogP contribution in [0.25, 0.3) is 5.57 Å². The second-order valence-corrected chi connectivity index (χ2v) is 8.55. The Balaban J connectivity index is 1.71. The van der Waals surface area contributed by atoms with E-state index in [-0.39, 0.29) is 17.9 Å². The molecule has 1 N–H and O–H groups in total. The van der Waals surface area contributed by atoms with Gasteiger partial charge >= 0.3 is 0 Å². The van der Waals surface area contributed by atoms with Crippen molar-refractivity contribution in [3.63, 3.8) is 0 Å². The van der Waals surface area contributed by atoms with E-state index in [2.05, 4.69) is 34.2 Å². The first-order valence-electron chi connectivity index (χ1n) is 10.0. The Morgan fingerprint density at radius 1 is 1.18 bits per heavy atom. The van der Waals surface area contributed by atoms with Crippen LogP contribution >= 0.6 is 15.9 Å². The van der Waals surface area contributed by atoms with Crippen LogP contribution in [0.5, 0.6) is 0 Å². The fourth-order valence-corrected chi connectivity index (χ4v) is 4.60. The fourth-order valence-electron chi connectivity index (χ4n) is 4.24. The lowest BCUT2D eigenvalue weighted by molar-refractivity contribution is -0.116. The Hall–Kier alpha value is -2.20. The summed E-state index contributed by atoms with van der Waals surface area (Å²) in [5.74, 6) is 0.0638. The molecule has 1 aliphatic heterocycles. The van der Waals surface area contributed by atoms with E-state index in [1.54, 1.807) is 0 Å². The Labute approximate surface area is 174 Å². The lowest BCUT2D eigenvalue weighted by atomic mass is 9.81. The number of amides is 1. The Morgan fingerprint density at radius 3 is 2.75 bits per heavy atom. The van der Waals surface area contributed by atoms with Crippen molar-refractivity contribution in [2.75, 3.05) is 0 Å². The Morgan fingerprint density at radius 2 is 2.00 bits per heavy atom. The number of allylic oxidation sites excluding steroid dienone is 1. The van der Waals surface area contributed by atoms with Crippen molar-refractivity contribution < 1.29 is 4.79 Å². The lowest BCUT2D eigenvalue weighted by Gasteiger charge is -2.29. The number of nitrogens with one attached hydrogen (secondary N) is 1. The zero-order valence-corrected chi connectivity index (χ0v) is 17.7. The largest absolute Gasteiger partial charge is 0.348 e. The summed E-state index contributed by atoms with van der Waals surface area (Å²) in [5.41, 5.74) is 3.34. The zero-order chi connectivity index (χ0) is 19.5. The number of carbonyl (C=O) groups is 1. The van der Waals surface area contributed by atoms with Crippen molar-refractivity contribution in [1.82, 2.24) is 5.32 Å². The third-order valence-corrected chi connectivity index (χ3v) is 6.20. The molecule has 144 valence electrons. The summed E-state index contributed by atoms with van der Waals surface area (Å²) in [6.45, 7) is 2.68. The van der Waals surface area contributed by atoms with Crippen LogP contribution in [0.15, 0.2) is 69.6 Å². The molecule has 0 aromatic heterocycles. The standard InChI is InChI=1S/C24H25BrN2O/c1-16-22(24(28)26-15-17-8-4-2-5-9-17)20-14-19(25)12-13-21(20)27-23(16)18-10-6-3-7-11-18/h2,4-5,8-10,12-14,16,23H,3,6-7,11,15H2,1H3,(H,26,28). The summed E-state index contributed by atoms with van der Waals surface area (Å²) in [5, 5.41) is 4.99. The van der Waals surface area contributed by atoms with Crippen LogP contribution in [0, 0.1) is 5.92 Å². The van der Waals surface area contributed by atoms with Gasteiger partial charge in [-0.05, 0) is 55.0 Å². The Kier molecular flexibility index (Phi) is 5.77. The molecule has 0 fully saturated rings. The maximum absolute atomic E-state index is 13.3. The van der Waals surface area contributed by atoms with Gasteiger partial charge in [-0.3, -0.25) is 9.79 Å². The molecule has 2 aliphatic rings.